The standard InChI is InChI=1S/C10H7N5/c11-10-13-8-5-7-6(2-1-3-12-7)4-9(8)14-15-10/h1-5H,(H2,11,13,15). The van der Waals surface area contributed by atoms with Crippen molar-refractivity contribution in [3.05, 3.63) is 30.5 Å². The molecule has 72 valence electrons. The zero-order valence-corrected chi connectivity index (χ0v) is 7.75. The van der Waals surface area contributed by atoms with Crippen molar-refractivity contribution in [1.29, 1.82) is 0 Å². The molecule has 1 aromatic carbocycles. The molecule has 3 aromatic rings. The molecule has 0 radical (unpaired) electrons. The SMILES string of the molecule is Nc1nnc2cc3cccnc3cc2n1. The van der Waals surface area contributed by atoms with E-state index in [1.54, 1.807) is 6.20 Å². The minimum Gasteiger partial charge on any atom is -0.366 e. The lowest BCUT2D eigenvalue weighted by Crippen LogP contribution is -1.97. The van der Waals surface area contributed by atoms with Gasteiger partial charge in [0, 0.05) is 11.6 Å². The van der Waals surface area contributed by atoms with Crippen LogP contribution in [-0.2, 0) is 0 Å². The molecule has 2 aromatic heterocycles. The van der Waals surface area contributed by atoms with E-state index in [1.807, 2.05) is 24.3 Å². The normalized spacial score (nSPS) is 10.9. The summed E-state index contributed by atoms with van der Waals surface area (Å²) < 4.78 is 0. The largest absolute Gasteiger partial charge is 0.366 e. The van der Waals surface area contributed by atoms with E-state index in [-0.39, 0.29) is 5.95 Å². The molecule has 0 bridgehead atoms. The summed E-state index contributed by atoms with van der Waals surface area (Å²) in [6.07, 6.45) is 1.74. The molecule has 0 spiro atoms. The number of hydrogen-bond acceptors (Lipinski definition) is 5. The van der Waals surface area contributed by atoms with Gasteiger partial charge in [-0.3, -0.25) is 4.98 Å². The summed E-state index contributed by atoms with van der Waals surface area (Å²) in [5.74, 6) is 0.179. The molecule has 0 aliphatic rings. The predicted molar refractivity (Wildman–Crippen MR) is 57.0 cm³/mol. The first-order valence-electron chi connectivity index (χ1n) is 4.47. The molecule has 0 aliphatic carbocycles. The van der Waals surface area contributed by atoms with E-state index in [2.05, 4.69) is 20.2 Å². The summed E-state index contributed by atoms with van der Waals surface area (Å²) in [5.41, 5.74) is 7.79. The van der Waals surface area contributed by atoms with E-state index >= 15 is 0 Å². The molecular formula is C10H7N5. The lowest BCUT2D eigenvalue weighted by Gasteiger charge is -1.99. The van der Waals surface area contributed by atoms with Crippen molar-refractivity contribution < 1.29 is 0 Å². The molecule has 15 heavy (non-hydrogen) atoms. The van der Waals surface area contributed by atoms with Crippen LogP contribution in [0.15, 0.2) is 30.5 Å². The van der Waals surface area contributed by atoms with Crippen molar-refractivity contribution in [2.24, 2.45) is 0 Å². The van der Waals surface area contributed by atoms with Crippen LogP contribution in [0, 0.1) is 0 Å². The number of nitrogens with zero attached hydrogens (tertiary/aromatic N) is 4. The number of rotatable bonds is 0. The van der Waals surface area contributed by atoms with Crippen molar-refractivity contribution in [2.75, 3.05) is 5.73 Å². The van der Waals surface area contributed by atoms with Gasteiger partial charge in [-0.2, -0.15) is 0 Å². The molecule has 2 heterocycles. The van der Waals surface area contributed by atoms with Crippen molar-refractivity contribution in [2.45, 2.75) is 0 Å². The first-order valence-corrected chi connectivity index (χ1v) is 4.47. The molecule has 0 saturated heterocycles. The van der Waals surface area contributed by atoms with E-state index in [0.29, 0.717) is 5.52 Å². The van der Waals surface area contributed by atoms with Gasteiger partial charge >= 0.3 is 0 Å². The summed E-state index contributed by atoms with van der Waals surface area (Å²) in [4.78, 5) is 8.32. The summed E-state index contributed by atoms with van der Waals surface area (Å²) in [5, 5.41) is 8.70. The van der Waals surface area contributed by atoms with Crippen LogP contribution < -0.4 is 5.73 Å². The second kappa shape index (κ2) is 2.84. The molecule has 0 unspecified atom stereocenters. The number of pyridine rings is 1. The highest BCUT2D eigenvalue weighted by molar-refractivity contribution is 5.92. The number of hydrogen-bond donors (Lipinski definition) is 1. The second-order valence-corrected chi connectivity index (χ2v) is 3.21. The maximum atomic E-state index is 5.46. The molecule has 0 amide bonds. The quantitative estimate of drug-likeness (QED) is 0.547. The average molecular weight is 197 g/mol. The predicted octanol–water partition coefficient (Wildman–Crippen LogP) is 1.16. The van der Waals surface area contributed by atoms with E-state index in [9.17, 15) is 0 Å². The Morgan fingerprint density at radius 3 is 2.87 bits per heavy atom. The fourth-order valence-electron chi connectivity index (χ4n) is 1.52. The Morgan fingerprint density at radius 2 is 1.93 bits per heavy atom. The van der Waals surface area contributed by atoms with Crippen molar-refractivity contribution in [3.63, 3.8) is 0 Å². The van der Waals surface area contributed by atoms with Gasteiger partial charge in [0.25, 0.3) is 0 Å². The van der Waals surface area contributed by atoms with Gasteiger partial charge in [-0.15, -0.1) is 10.2 Å². The summed E-state index contributed by atoms with van der Waals surface area (Å²) in [7, 11) is 0. The molecule has 0 atom stereocenters. The van der Waals surface area contributed by atoms with Gasteiger partial charge in [0.1, 0.15) is 5.52 Å². The maximum Gasteiger partial charge on any atom is 0.240 e. The lowest BCUT2D eigenvalue weighted by atomic mass is 10.2. The minimum atomic E-state index is 0.179. The van der Waals surface area contributed by atoms with Crippen LogP contribution >= 0.6 is 0 Å². The highest BCUT2D eigenvalue weighted by Crippen LogP contribution is 2.17. The fourth-order valence-corrected chi connectivity index (χ4v) is 1.52. The highest BCUT2D eigenvalue weighted by Gasteiger charge is 2.01. The average Bonchev–Trinajstić information content (AvgIpc) is 2.26. The Labute approximate surface area is 85.0 Å². The number of anilines is 1. The van der Waals surface area contributed by atoms with E-state index < -0.39 is 0 Å². The topological polar surface area (TPSA) is 77.6 Å². The van der Waals surface area contributed by atoms with Gasteiger partial charge < -0.3 is 5.73 Å². The van der Waals surface area contributed by atoms with Crippen LogP contribution in [0.25, 0.3) is 21.9 Å². The fraction of sp³-hybridized carbons (Fsp3) is 0. The number of nitrogen functional groups attached to an aromatic ring is 1. The van der Waals surface area contributed by atoms with Gasteiger partial charge in [0.15, 0.2) is 0 Å². The van der Waals surface area contributed by atoms with Gasteiger partial charge in [-0.05, 0) is 18.2 Å². The minimum absolute atomic E-state index is 0.179. The number of benzene rings is 1. The van der Waals surface area contributed by atoms with Gasteiger partial charge in [0.2, 0.25) is 5.95 Å². The molecule has 5 nitrogen and oxygen atoms in total. The first-order chi connectivity index (χ1) is 7.33. The zero-order chi connectivity index (χ0) is 10.3. The van der Waals surface area contributed by atoms with E-state index in [4.69, 9.17) is 5.73 Å². The molecule has 0 fully saturated rings. The highest BCUT2D eigenvalue weighted by atomic mass is 15.2. The Kier molecular flexibility index (Phi) is 1.53. The number of nitrogens with two attached hydrogens (primary N) is 1. The Bertz CT molecular complexity index is 649. The zero-order valence-electron chi connectivity index (χ0n) is 7.75. The summed E-state index contributed by atoms with van der Waals surface area (Å²) in [6.45, 7) is 0. The third kappa shape index (κ3) is 1.25. The van der Waals surface area contributed by atoms with Crippen LogP contribution in [0.5, 0.6) is 0 Å². The summed E-state index contributed by atoms with van der Waals surface area (Å²) in [6, 6.07) is 7.61. The number of fused-ring (bicyclic) bond motifs is 2. The van der Waals surface area contributed by atoms with Crippen LogP contribution in [0.2, 0.25) is 0 Å². The third-order valence-electron chi connectivity index (χ3n) is 2.19. The van der Waals surface area contributed by atoms with Gasteiger partial charge in [0.05, 0.1) is 11.0 Å². The molecule has 0 saturated carbocycles. The molecule has 5 heteroatoms. The summed E-state index contributed by atoms with van der Waals surface area (Å²) >= 11 is 0. The smallest absolute Gasteiger partial charge is 0.240 e. The van der Waals surface area contributed by atoms with Crippen LogP contribution in [0.3, 0.4) is 0 Å². The second-order valence-electron chi connectivity index (χ2n) is 3.21. The molecule has 3 rings (SSSR count). The first kappa shape index (κ1) is 8.05. The Hall–Kier alpha value is -2.30. The molecule has 2 N–H and O–H groups in total. The van der Waals surface area contributed by atoms with Crippen molar-refractivity contribution >= 4 is 27.9 Å². The van der Waals surface area contributed by atoms with Crippen LogP contribution in [-0.4, -0.2) is 20.2 Å². The third-order valence-corrected chi connectivity index (χ3v) is 2.19. The van der Waals surface area contributed by atoms with E-state index in [0.717, 1.165) is 16.4 Å². The monoisotopic (exact) mass is 197 g/mol. The van der Waals surface area contributed by atoms with Crippen molar-refractivity contribution in [1.82, 2.24) is 20.2 Å². The molecular weight excluding hydrogens is 190 g/mol. The molecule has 0 aliphatic heterocycles. The Morgan fingerprint density at radius 1 is 1.00 bits per heavy atom. The maximum absolute atomic E-state index is 5.46. The Balaban J connectivity index is 2.47. The van der Waals surface area contributed by atoms with Crippen molar-refractivity contribution in [3.8, 4) is 0 Å². The van der Waals surface area contributed by atoms with Crippen LogP contribution in [0.4, 0.5) is 5.95 Å². The van der Waals surface area contributed by atoms with Gasteiger partial charge in [-0.25, -0.2) is 4.98 Å². The lowest BCUT2D eigenvalue weighted by molar-refractivity contribution is 1.04. The number of aromatic nitrogens is 4. The van der Waals surface area contributed by atoms with Crippen LogP contribution in [0.1, 0.15) is 0 Å². The van der Waals surface area contributed by atoms with E-state index in [1.165, 1.54) is 0 Å². The van der Waals surface area contributed by atoms with Gasteiger partial charge in [-0.1, -0.05) is 6.07 Å².